The summed E-state index contributed by atoms with van der Waals surface area (Å²) in [6, 6.07) is 0. The summed E-state index contributed by atoms with van der Waals surface area (Å²) in [5.74, 6) is 1.28. The fourth-order valence-electron chi connectivity index (χ4n) is 3.83. The van der Waals surface area contributed by atoms with E-state index < -0.39 is 0 Å². The molecule has 0 aromatic carbocycles. The molecule has 0 bridgehead atoms. The van der Waals surface area contributed by atoms with Gasteiger partial charge in [-0.3, -0.25) is 4.79 Å². The number of halogens is 1. The number of amides is 1. The lowest BCUT2D eigenvalue weighted by Crippen LogP contribution is -2.45. The number of nitrogens with one attached hydrogen (secondary N) is 2. The Morgan fingerprint density at radius 1 is 1.32 bits per heavy atom. The SMILES string of the molecule is CC(CC(=O)NCC1(C)CCCCC1O)C1CCNCC1.Cl. The van der Waals surface area contributed by atoms with Gasteiger partial charge in [-0.25, -0.2) is 0 Å². The smallest absolute Gasteiger partial charge is 0.220 e. The van der Waals surface area contributed by atoms with Gasteiger partial charge in [0, 0.05) is 18.4 Å². The van der Waals surface area contributed by atoms with Crippen LogP contribution in [0.5, 0.6) is 0 Å². The number of aliphatic hydroxyl groups is 1. The minimum atomic E-state index is -0.270. The molecule has 130 valence electrons. The van der Waals surface area contributed by atoms with E-state index in [9.17, 15) is 9.90 Å². The van der Waals surface area contributed by atoms with Gasteiger partial charge in [0.25, 0.3) is 0 Å². The van der Waals surface area contributed by atoms with Gasteiger partial charge in [-0.1, -0.05) is 26.7 Å². The van der Waals surface area contributed by atoms with Crippen molar-refractivity contribution < 1.29 is 9.90 Å². The third kappa shape index (κ3) is 5.39. The first kappa shape index (κ1) is 19.7. The molecular weight excluding hydrogens is 300 g/mol. The maximum atomic E-state index is 12.2. The zero-order chi connectivity index (χ0) is 15.3. The molecular formula is C17H33ClN2O2. The van der Waals surface area contributed by atoms with Crippen LogP contribution in [0.15, 0.2) is 0 Å². The van der Waals surface area contributed by atoms with Crippen molar-refractivity contribution >= 4 is 18.3 Å². The van der Waals surface area contributed by atoms with Crippen molar-refractivity contribution in [2.45, 2.75) is 64.9 Å². The molecule has 2 fully saturated rings. The summed E-state index contributed by atoms with van der Waals surface area (Å²) in [6.07, 6.45) is 6.88. The summed E-state index contributed by atoms with van der Waals surface area (Å²) < 4.78 is 0. The summed E-state index contributed by atoms with van der Waals surface area (Å²) in [4.78, 5) is 12.2. The Morgan fingerprint density at radius 3 is 2.64 bits per heavy atom. The fraction of sp³-hybridized carbons (Fsp3) is 0.941. The van der Waals surface area contributed by atoms with Crippen LogP contribution in [0.3, 0.4) is 0 Å². The van der Waals surface area contributed by atoms with Crippen molar-refractivity contribution in [3.8, 4) is 0 Å². The number of carbonyl (C=O) groups excluding carboxylic acids is 1. The number of carbonyl (C=O) groups is 1. The van der Waals surface area contributed by atoms with Gasteiger partial charge in [-0.05, 0) is 50.6 Å². The van der Waals surface area contributed by atoms with E-state index in [1.54, 1.807) is 0 Å². The van der Waals surface area contributed by atoms with E-state index in [2.05, 4.69) is 24.5 Å². The first-order valence-electron chi connectivity index (χ1n) is 8.67. The molecule has 3 unspecified atom stereocenters. The highest BCUT2D eigenvalue weighted by Gasteiger charge is 2.35. The number of piperidine rings is 1. The Bertz CT molecular complexity index is 348. The quantitative estimate of drug-likeness (QED) is 0.725. The molecule has 1 saturated heterocycles. The number of rotatable bonds is 5. The van der Waals surface area contributed by atoms with Crippen LogP contribution in [0.2, 0.25) is 0 Å². The first-order valence-corrected chi connectivity index (χ1v) is 8.67. The third-order valence-corrected chi connectivity index (χ3v) is 5.67. The summed E-state index contributed by atoms with van der Waals surface area (Å²) in [5, 5.41) is 16.6. The van der Waals surface area contributed by atoms with Gasteiger partial charge in [0.15, 0.2) is 0 Å². The molecule has 22 heavy (non-hydrogen) atoms. The largest absolute Gasteiger partial charge is 0.392 e. The molecule has 0 radical (unpaired) electrons. The molecule has 5 heteroatoms. The molecule has 1 amide bonds. The van der Waals surface area contributed by atoms with E-state index in [1.165, 1.54) is 12.8 Å². The van der Waals surface area contributed by atoms with Gasteiger partial charge in [0.1, 0.15) is 0 Å². The molecule has 1 saturated carbocycles. The van der Waals surface area contributed by atoms with E-state index in [-0.39, 0.29) is 29.8 Å². The van der Waals surface area contributed by atoms with Gasteiger partial charge in [0.05, 0.1) is 6.10 Å². The topological polar surface area (TPSA) is 61.4 Å². The molecule has 4 nitrogen and oxygen atoms in total. The van der Waals surface area contributed by atoms with Gasteiger partial charge in [-0.15, -0.1) is 12.4 Å². The third-order valence-electron chi connectivity index (χ3n) is 5.67. The Kier molecular flexibility index (Phi) is 8.15. The maximum Gasteiger partial charge on any atom is 0.220 e. The van der Waals surface area contributed by atoms with Crippen molar-refractivity contribution in [2.75, 3.05) is 19.6 Å². The van der Waals surface area contributed by atoms with Crippen LogP contribution in [0.1, 0.15) is 58.8 Å². The normalized spacial score (nSPS) is 31.1. The highest BCUT2D eigenvalue weighted by Crippen LogP contribution is 2.35. The molecule has 0 spiro atoms. The highest BCUT2D eigenvalue weighted by atomic mass is 35.5. The van der Waals surface area contributed by atoms with Crippen molar-refractivity contribution in [3.05, 3.63) is 0 Å². The molecule has 3 N–H and O–H groups in total. The Labute approximate surface area is 141 Å². The monoisotopic (exact) mass is 332 g/mol. The number of aliphatic hydroxyl groups excluding tert-OH is 1. The van der Waals surface area contributed by atoms with Crippen LogP contribution in [0.4, 0.5) is 0 Å². The van der Waals surface area contributed by atoms with E-state index in [0.29, 0.717) is 24.8 Å². The van der Waals surface area contributed by atoms with E-state index >= 15 is 0 Å². The average molecular weight is 333 g/mol. The van der Waals surface area contributed by atoms with Crippen LogP contribution >= 0.6 is 12.4 Å². The first-order chi connectivity index (χ1) is 10.0. The van der Waals surface area contributed by atoms with Crippen molar-refractivity contribution in [2.24, 2.45) is 17.3 Å². The lowest BCUT2D eigenvalue weighted by Gasteiger charge is -2.38. The second kappa shape index (κ2) is 9.09. The minimum Gasteiger partial charge on any atom is -0.392 e. The predicted octanol–water partition coefficient (Wildman–Crippen LogP) is 2.49. The second-order valence-corrected chi connectivity index (χ2v) is 7.46. The van der Waals surface area contributed by atoms with Crippen molar-refractivity contribution in [3.63, 3.8) is 0 Å². The predicted molar refractivity (Wildman–Crippen MR) is 92.2 cm³/mol. The fourth-order valence-corrected chi connectivity index (χ4v) is 3.83. The van der Waals surface area contributed by atoms with Crippen molar-refractivity contribution in [1.82, 2.24) is 10.6 Å². The average Bonchev–Trinajstić information content (AvgIpc) is 2.49. The molecule has 1 aliphatic carbocycles. The molecule has 2 aliphatic rings. The summed E-state index contributed by atoms with van der Waals surface area (Å²) in [5.41, 5.74) is -0.133. The van der Waals surface area contributed by atoms with Gasteiger partial charge in [0.2, 0.25) is 5.91 Å². The second-order valence-electron chi connectivity index (χ2n) is 7.46. The standard InChI is InChI=1S/C17H32N2O2.ClH/c1-13(14-6-9-18-10-7-14)11-16(21)19-12-17(2)8-4-3-5-15(17)20;/h13-15,18,20H,3-12H2,1-2H3,(H,19,21);1H. The van der Waals surface area contributed by atoms with Crippen LogP contribution in [-0.2, 0) is 4.79 Å². The molecule has 3 atom stereocenters. The van der Waals surface area contributed by atoms with Crippen LogP contribution < -0.4 is 10.6 Å². The van der Waals surface area contributed by atoms with E-state index in [4.69, 9.17) is 0 Å². The van der Waals surface area contributed by atoms with E-state index in [1.807, 2.05) is 0 Å². The van der Waals surface area contributed by atoms with E-state index in [0.717, 1.165) is 38.8 Å². The van der Waals surface area contributed by atoms with Crippen LogP contribution in [-0.4, -0.2) is 36.8 Å². The van der Waals surface area contributed by atoms with Gasteiger partial charge < -0.3 is 15.7 Å². The van der Waals surface area contributed by atoms with Crippen LogP contribution in [0.25, 0.3) is 0 Å². The lowest BCUT2D eigenvalue weighted by molar-refractivity contribution is -0.123. The molecule has 1 aliphatic heterocycles. The lowest BCUT2D eigenvalue weighted by atomic mass is 9.73. The molecule has 0 aromatic rings. The zero-order valence-corrected chi connectivity index (χ0v) is 14.9. The molecule has 1 heterocycles. The van der Waals surface area contributed by atoms with Crippen LogP contribution in [0, 0.1) is 17.3 Å². The maximum absolute atomic E-state index is 12.2. The van der Waals surface area contributed by atoms with Gasteiger partial charge >= 0.3 is 0 Å². The summed E-state index contributed by atoms with van der Waals surface area (Å²) in [7, 11) is 0. The molecule has 0 aromatic heterocycles. The van der Waals surface area contributed by atoms with Crippen molar-refractivity contribution in [1.29, 1.82) is 0 Å². The van der Waals surface area contributed by atoms with Gasteiger partial charge in [-0.2, -0.15) is 0 Å². The zero-order valence-electron chi connectivity index (χ0n) is 14.1. The highest BCUT2D eigenvalue weighted by molar-refractivity contribution is 5.85. The summed E-state index contributed by atoms with van der Waals surface area (Å²) in [6.45, 7) is 7.09. The summed E-state index contributed by atoms with van der Waals surface area (Å²) >= 11 is 0. The molecule has 2 rings (SSSR count). The number of hydrogen-bond acceptors (Lipinski definition) is 3. The Hall–Kier alpha value is -0.320. The minimum absolute atomic E-state index is 0. The Balaban J connectivity index is 0.00000242. The Morgan fingerprint density at radius 2 is 2.00 bits per heavy atom. The number of hydrogen-bond donors (Lipinski definition) is 3.